The van der Waals surface area contributed by atoms with Crippen molar-refractivity contribution >= 4 is 39.2 Å². The molecule has 9 heteroatoms. The van der Waals surface area contributed by atoms with Crippen molar-refractivity contribution in [1.29, 1.82) is 0 Å². The average molecular weight is 330 g/mol. The van der Waals surface area contributed by atoms with Crippen molar-refractivity contribution in [2.45, 2.75) is 6.42 Å². The van der Waals surface area contributed by atoms with E-state index < -0.39 is 22.7 Å². The first kappa shape index (κ1) is 13.4. The summed E-state index contributed by atoms with van der Waals surface area (Å²) in [5.41, 5.74) is -0.289. The number of carboxylic acid groups (broad SMARTS) is 1. The van der Waals surface area contributed by atoms with Gasteiger partial charge in [-0.15, -0.1) is 0 Å². The maximum absolute atomic E-state index is 11.8. The number of rotatable bonds is 3. The van der Waals surface area contributed by atoms with E-state index in [1.807, 2.05) is 0 Å². The molecule has 0 aliphatic carbocycles. The first-order chi connectivity index (χ1) is 8.91. The molecule has 100 valence electrons. The zero-order valence-electron chi connectivity index (χ0n) is 9.45. The van der Waals surface area contributed by atoms with Gasteiger partial charge < -0.3 is 10.0 Å². The van der Waals surface area contributed by atoms with E-state index in [0.29, 0.717) is 0 Å². The van der Waals surface area contributed by atoms with Crippen LogP contribution in [0.5, 0.6) is 0 Å². The molecule has 1 saturated heterocycles. The number of carboxylic acids is 1. The normalized spacial score (nSPS) is 18.7. The summed E-state index contributed by atoms with van der Waals surface area (Å²) in [5.74, 6) is -2.40. The van der Waals surface area contributed by atoms with Gasteiger partial charge in [0.15, 0.2) is 0 Å². The molecule has 0 radical (unpaired) electrons. The highest BCUT2D eigenvalue weighted by Crippen LogP contribution is 2.37. The number of nitrogens with zero attached hydrogens (tertiary/aromatic N) is 3. The van der Waals surface area contributed by atoms with Gasteiger partial charge in [0.2, 0.25) is 5.91 Å². The summed E-state index contributed by atoms with van der Waals surface area (Å²) in [6.07, 6.45) is 2.19. The third-order valence-electron chi connectivity index (χ3n) is 2.79. The van der Waals surface area contributed by atoms with Crippen molar-refractivity contribution < 1.29 is 19.6 Å². The van der Waals surface area contributed by atoms with E-state index in [1.165, 1.54) is 6.20 Å². The third kappa shape index (κ3) is 2.41. The SMILES string of the molecule is O=C(O)C1CC(=O)N(c2c(Br)cncc2[N+](=O)[O-])C1. The maximum atomic E-state index is 11.8. The average Bonchev–Trinajstić information content (AvgIpc) is 2.71. The molecule has 1 unspecified atom stereocenters. The van der Waals surface area contributed by atoms with Crippen molar-refractivity contribution in [3.05, 3.63) is 27.0 Å². The monoisotopic (exact) mass is 329 g/mol. The van der Waals surface area contributed by atoms with Crippen LogP contribution < -0.4 is 4.90 Å². The number of aromatic nitrogens is 1. The Morgan fingerprint density at radius 1 is 1.58 bits per heavy atom. The van der Waals surface area contributed by atoms with Crippen molar-refractivity contribution in [2.75, 3.05) is 11.4 Å². The molecule has 0 spiro atoms. The zero-order valence-corrected chi connectivity index (χ0v) is 11.0. The van der Waals surface area contributed by atoms with Gasteiger partial charge in [0, 0.05) is 19.2 Å². The van der Waals surface area contributed by atoms with E-state index in [1.54, 1.807) is 0 Å². The van der Waals surface area contributed by atoms with Crippen LogP contribution in [0.25, 0.3) is 0 Å². The molecule has 2 rings (SSSR count). The number of carbonyl (C=O) groups is 2. The number of hydrogen-bond acceptors (Lipinski definition) is 5. The topological polar surface area (TPSA) is 114 Å². The third-order valence-corrected chi connectivity index (χ3v) is 3.37. The number of aliphatic carboxylic acids is 1. The molecule has 1 aromatic rings. The zero-order chi connectivity index (χ0) is 14.2. The molecule has 0 bridgehead atoms. The van der Waals surface area contributed by atoms with Crippen molar-refractivity contribution in [2.24, 2.45) is 5.92 Å². The van der Waals surface area contributed by atoms with Crippen LogP contribution in [-0.2, 0) is 9.59 Å². The quantitative estimate of drug-likeness (QED) is 0.658. The molecule has 1 amide bonds. The minimum atomic E-state index is -1.09. The second-order valence-electron chi connectivity index (χ2n) is 3.99. The summed E-state index contributed by atoms with van der Waals surface area (Å²) in [5, 5.41) is 19.8. The molecule has 1 aliphatic rings. The molecule has 2 heterocycles. The molecule has 1 atom stereocenters. The number of amides is 1. The molecule has 8 nitrogen and oxygen atoms in total. The highest BCUT2D eigenvalue weighted by molar-refractivity contribution is 9.10. The molecule has 0 aromatic carbocycles. The Bertz CT molecular complexity index is 576. The molecule has 1 aromatic heterocycles. The van der Waals surface area contributed by atoms with Gasteiger partial charge >= 0.3 is 11.7 Å². The standard InChI is InChI=1S/C10H8BrN3O5/c11-6-2-12-3-7(14(18)19)9(6)13-4-5(10(16)17)1-8(13)15/h2-3,5H,1,4H2,(H,16,17). The van der Waals surface area contributed by atoms with E-state index in [9.17, 15) is 19.7 Å². The first-order valence-electron chi connectivity index (χ1n) is 5.23. The molecular formula is C10H8BrN3O5. The number of halogens is 1. The van der Waals surface area contributed by atoms with Gasteiger partial charge in [0.25, 0.3) is 0 Å². The van der Waals surface area contributed by atoms with E-state index in [2.05, 4.69) is 20.9 Å². The summed E-state index contributed by atoms with van der Waals surface area (Å²) < 4.78 is 0.279. The molecular weight excluding hydrogens is 322 g/mol. The highest BCUT2D eigenvalue weighted by Gasteiger charge is 2.38. The Labute approximate surface area is 115 Å². The Kier molecular flexibility index (Phi) is 3.47. The summed E-state index contributed by atoms with van der Waals surface area (Å²) in [6.45, 7) is -0.0857. The molecule has 19 heavy (non-hydrogen) atoms. The van der Waals surface area contributed by atoms with Crippen LogP contribution in [0.15, 0.2) is 16.9 Å². The number of anilines is 1. The lowest BCUT2D eigenvalue weighted by Crippen LogP contribution is -2.27. The number of hydrogen-bond donors (Lipinski definition) is 1. The predicted molar refractivity (Wildman–Crippen MR) is 66.7 cm³/mol. The van der Waals surface area contributed by atoms with Crippen LogP contribution in [0.1, 0.15) is 6.42 Å². The summed E-state index contributed by atoms with van der Waals surface area (Å²) in [4.78, 5) is 37.8. The van der Waals surface area contributed by atoms with Gasteiger partial charge in [0.1, 0.15) is 11.9 Å². The van der Waals surface area contributed by atoms with Crippen molar-refractivity contribution in [3.8, 4) is 0 Å². The van der Waals surface area contributed by atoms with Gasteiger partial charge in [-0.1, -0.05) is 0 Å². The van der Waals surface area contributed by atoms with Gasteiger partial charge in [-0.2, -0.15) is 0 Å². The van der Waals surface area contributed by atoms with E-state index >= 15 is 0 Å². The Balaban J connectivity index is 2.45. The smallest absolute Gasteiger partial charge is 0.312 e. The van der Waals surface area contributed by atoms with Crippen LogP contribution in [0, 0.1) is 16.0 Å². The van der Waals surface area contributed by atoms with E-state index in [0.717, 1.165) is 11.1 Å². The minimum Gasteiger partial charge on any atom is -0.481 e. The van der Waals surface area contributed by atoms with Crippen LogP contribution in [-0.4, -0.2) is 33.4 Å². The van der Waals surface area contributed by atoms with Crippen LogP contribution in [0.2, 0.25) is 0 Å². The molecule has 0 saturated carbocycles. The molecule has 1 N–H and O–H groups in total. The predicted octanol–water partition coefficient (Wildman–Crippen LogP) is 1.19. The van der Waals surface area contributed by atoms with Crippen LogP contribution in [0.3, 0.4) is 0 Å². The van der Waals surface area contributed by atoms with Gasteiger partial charge in [-0.25, -0.2) is 0 Å². The van der Waals surface area contributed by atoms with E-state index in [4.69, 9.17) is 5.11 Å². The minimum absolute atomic E-state index is 0.0498. The summed E-state index contributed by atoms with van der Waals surface area (Å²) >= 11 is 3.10. The van der Waals surface area contributed by atoms with E-state index in [-0.39, 0.29) is 28.8 Å². The van der Waals surface area contributed by atoms with Gasteiger partial charge in [-0.3, -0.25) is 24.7 Å². The maximum Gasteiger partial charge on any atom is 0.312 e. The van der Waals surface area contributed by atoms with Gasteiger partial charge in [0.05, 0.1) is 15.3 Å². The summed E-state index contributed by atoms with van der Waals surface area (Å²) in [6, 6.07) is 0. The lowest BCUT2D eigenvalue weighted by molar-refractivity contribution is -0.384. The van der Waals surface area contributed by atoms with Crippen LogP contribution >= 0.6 is 15.9 Å². The number of carbonyl (C=O) groups excluding carboxylic acids is 1. The molecule has 1 fully saturated rings. The fourth-order valence-electron chi connectivity index (χ4n) is 1.91. The second kappa shape index (κ2) is 4.92. The first-order valence-corrected chi connectivity index (χ1v) is 6.02. The molecule has 1 aliphatic heterocycles. The lowest BCUT2D eigenvalue weighted by Gasteiger charge is -2.17. The second-order valence-corrected chi connectivity index (χ2v) is 4.84. The Hall–Kier alpha value is -2.03. The Morgan fingerprint density at radius 2 is 2.26 bits per heavy atom. The van der Waals surface area contributed by atoms with Crippen molar-refractivity contribution in [3.63, 3.8) is 0 Å². The fraction of sp³-hybridized carbons (Fsp3) is 0.300. The number of pyridine rings is 1. The lowest BCUT2D eigenvalue weighted by atomic mass is 10.1. The fourth-order valence-corrected chi connectivity index (χ4v) is 2.44. The van der Waals surface area contributed by atoms with Crippen LogP contribution in [0.4, 0.5) is 11.4 Å². The largest absolute Gasteiger partial charge is 0.481 e. The van der Waals surface area contributed by atoms with Gasteiger partial charge in [-0.05, 0) is 15.9 Å². The Morgan fingerprint density at radius 3 is 2.79 bits per heavy atom. The highest BCUT2D eigenvalue weighted by atomic mass is 79.9. The number of nitro groups is 1. The summed E-state index contributed by atoms with van der Waals surface area (Å²) in [7, 11) is 0. The van der Waals surface area contributed by atoms with Crippen molar-refractivity contribution in [1.82, 2.24) is 4.98 Å².